The number of likely N-dealkylation sites (N-methyl/N-ethyl adjacent to an activating group) is 1. The molecule has 1 amide bonds. The fraction of sp³-hybridized carbons (Fsp3) is 0.286. The van der Waals surface area contributed by atoms with Gasteiger partial charge in [-0.15, -0.1) is 0 Å². The first-order valence-electron chi connectivity index (χ1n) is 9.20. The Bertz CT molecular complexity index is 1020. The summed E-state index contributed by atoms with van der Waals surface area (Å²) in [6.45, 7) is 1.53. The molecule has 0 atom stereocenters. The Morgan fingerprint density at radius 3 is 2.34 bits per heavy atom. The number of halogens is 5. The van der Waals surface area contributed by atoms with Crippen LogP contribution in [0, 0.1) is 6.92 Å². The summed E-state index contributed by atoms with van der Waals surface area (Å²) in [5, 5.41) is 10.3. The van der Waals surface area contributed by atoms with E-state index in [0.717, 1.165) is 0 Å². The average molecular weight is 490 g/mol. The zero-order valence-corrected chi connectivity index (χ0v) is 18.9. The molecule has 172 valence electrons. The summed E-state index contributed by atoms with van der Waals surface area (Å²) in [7, 11) is 2.72. The number of aryl methyl sites for hydroxylation is 1. The molecule has 0 aliphatic rings. The van der Waals surface area contributed by atoms with Crippen molar-refractivity contribution < 1.29 is 27.6 Å². The summed E-state index contributed by atoms with van der Waals surface area (Å²) in [6, 6.07) is 9.11. The number of hydrogen-bond donors (Lipinski definition) is 1. The van der Waals surface area contributed by atoms with Crippen LogP contribution in [0.1, 0.15) is 28.7 Å². The molecule has 0 fully saturated rings. The lowest BCUT2D eigenvalue weighted by Crippen LogP contribution is -2.29. The minimum Gasteiger partial charge on any atom is -0.398 e. The Hall–Kier alpha value is -2.78. The molecule has 0 saturated carbocycles. The minimum absolute atomic E-state index is 0.0154. The SMILES string of the molecule is CNC(=O)/C(=N/OC)c1cccc(C)c1CO/N=C(\CC(F)(F)F)c1cc(Cl)cc(Cl)c1. The largest absolute Gasteiger partial charge is 0.398 e. The van der Waals surface area contributed by atoms with Crippen LogP contribution in [0.3, 0.4) is 0 Å². The van der Waals surface area contributed by atoms with Gasteiger partial charge in [-0.25, -0.2) is 0 Å². The topological polar surface area (TPSA) is 72.3 Å². The summed E-state index contributed by atoms with van der Waals surface area (Å²) in [4.78, 5) is 22.3. The highest BCUT2D eigenvalue weighted by Crippen LogP contribution is 2.27. The lowest BCUT2D eigenvalue weighted by atomic mass is 9.98. The van der Waals surface area contributed by atoms with Crippen LogP contribution in [0.25, 0.3) is 0 Å². The van der Waals surface area contributed by atoms with Gasteiger partial charge in [-0.3, -0.25) is 4.79 Å². The molecule has 0 radical (unpaired) electrons. The highest BCUT2D eigenvalue weighted by atomic mass is 35.5. The van der Waals surface area contributed by atoms with Crippen LogP contribution in [0.15, 0.2) is 46.7 Å². The van der Waals surface area contributed by atoms with Gasteiger partial charge in [0.05, 0.1) is 12.1 Å². The minimum atomic E-state index is -4.54. The van der Waals surface area contributed by atoms with Gasteiger partial charge in [0.1, 0.15) is 13.7 Å². The molecule has 11 heteroatoms. The van der Waals surface area contributed by atoms with Crippen molar-refractivity contribution in [2.24, 2.45) is 10.3 Å². The van der Waals surface area contributed by atoms with Gasteiger partial charge in [0.25, 0.3) is 5.91 Å². The van der Waals surface area contributed by atoms with Gasteiger partial charge in [-0.1, -0.05) is 51.7 Å². The quantitative estimate of drug-likeness (QED) is 0.405. The molecule has 2 aromatic carbocycles. The zero-order chi connectivity index (χ0) is 23.9. The van der Waals surface area contributed by atoms with E-state index in [2.05, 4.69) is 15.6 Å². The Labute approximate surface area is 193 Å². The van der Waals surface area contributed by atoms with Crippen molar-refractivity contribution in [3.8, 4) is 0 Å². The molecule has 0 aliphatic carbocycles. The number of alkyl halides is 3. The molecule has 0 bridgehead atoms. The predicted octanol–water partition coefficient (Wildman–Crippen LogP) is 5.27. The maximum atomic E-state index is 13.1. The third kappa shape index (κ3) is 7.13. The van der Waals surface area contributed by atoms with E-state index in [1.165, 1.54) is 32.4 Å². The second kappa shape index (κ2) is 11.2. The van der Waals surface area contributed by atoms with Crippen molar-refractivity contribution in [1.82, 2.24) is 5.32 Å². The number of benzene rings is 2. The van der Waals surface area contributed by atoms with Crippen LogP contribution in [0.5, 0.6) is 0 Å². The van der Waals surface area contributed by atoms with Gasteiger partial charge >= 0.3 is 6.18 Å². The van der Waals surface area contributed by atoms with E-state index in [4.69, 9.17) is 32.9 Å². The van der Waals surface area contributed by atoms with Crippen molar-refractivity contribution in [3.05, 3.63) is 68.7 Å². The molecule has 6 nitrogen and oxygen atoms in total. The van der Waals surface area contributed by atoms with Crippen LogP contribution in [-0.4, -0.2) is 37.7 Å². The maximum Gasteiger partial charge on any atom is 0.394 e. The molecule has 1 N–H and O–H groups in total. The monoisotopic (exact) mass is 489 g/mol. The Kier molecular flexibility index (Phi) is 8.91. The smallest absolute Gasteiger partial charge is 0.394 e. The van der Waals surface area contributed by atoms with E-state index < -0.39 is 24.2 Å². The highest BCUT2D eigenvalue weighted by Gasteiger charge is 2.31. The normalized spacial score (nSPS) is 12.5. The summed E-state index contributed by atoms with van der Waals surface area (Å²) >= 11 is 11.8. The van der Waals surface area contributed by atoms with Crippen molar-refractivity contribution in [3.63, 3.8) is 0 Å². The molecule has 0 unspecified atom stereocenters. The van der Waals surface area contributed by atoms with E-state index in [1.807, 2.05) is 0 Å². The lowest BCUT2D eigenvalue weighted by molar-refractivity contribution is -0.121. The van der Waals surface area contributed by atoms with Crippen LogP contribution in [0.4, 0.5) is 13.2 Å². The van der Waals surface area contributed by atoms with Crippen LogP contribution < -0.4 is 5.32 Å². The van der Waals surface area contributed by atoms with Crippen molar-refractivity contribution >= 4 is 40.5 Å². The van der Waals surface area contributed by atoms with E-state index >= 15 is 0 Å². The third-order valence-electron chi connectivity index (χ3n) is 4.24. The second-order valence-corrected chi connectivity index (χ2v) is 7.44. The van der Waals surface area contributed by atoms with Gasteiger partial charge in [0, 0.05) is 33.8 Å². The number of oxime groups is 2. The maximum absolute atomic E-state index is 13.1. The number of carbonyl (C=O) groups is 1. The standard InChI is InChI=1S/C21H20Cl2F3N3O3/c1-12-5-4-6-16(19(29-31-3)20(30)27-2)17(12)11-32-28-18(10-21(24,25)26)13-7-14(22)9-15(23)8-13/h4-9H,10-11H2,1-3H3,(H,27,30)/b28-18+,29-19+. The predicted molar refractivity (Wildman–Crippen MR) is 117 cm³/mol. The van der Waals surface area contributed by atoms with Crippen molar-refractivity contribution in [1.29, 1.82) is 0 Å². The number of hydrogen-bond acceptors (Lipinski definition) is 5. The lowest BCUT2D eigenvalue weighted by Gasteiger charge is -2.14. The Morgan fingerprint density at radius 2 is 1.78 bits per heavy atom. The first-order chi connectivity index (χ1) is 15.1. The zero-order valence-electron chi connectivity index (χ0n) is 17.4. The highest BCUT2D eigenvalue weighted by molar-refractivity contribution is 6.45. The molecule has 0 heterocycles. The van der Waals surface area contributed by atoms with Gasteiger partial charge in [0.15, 0.2) is 5.71 Å². The summed E-state index contributed by atoms with van der Waals surface area (Å²) in [5.41, 5.74) is 1.29. The summed E-state index contributed by atoms with van der Waals surface area (Å²) in [6.07, 6.45) is -5.89. The fourth-order valence-corrected chi connectivity index (χ4v) is 3.34. The Balaban J connectivity index is 2.42. The van der Waals surface area contributed by atoms with E-state index in [-0.39, 0.29) is 27.9 Å². The molecule has 2 aromatic rings. The first kappa shape index (κ1) is 25.5. The van der Waals surface area contributed by atoms with Crippen LogP contribution in [0.2, 0.25) is 10.0 Å². The number of rotatable bonds is 8. The van der Waals surface area contributed by atoms with Crippen molar-refractivity contribution in [2.45, 2.75) is 26.1 Å². The molecular formula is C21H20Cl2F3N3O3. The summed E-state index contributed by atoms with van der Waals surface area (Å²) in [5.74, 6) is -0.506. The second-order valence-electron chi connectivity index (χ2n) is 6.56. The van der Waals surface area contributed by atoms with Crippen LogP contribution >= 0.6 is 23.2 Å². The molecule has 0 saturated heterocycles. The average Bonchev–Trinajstić information content (AvgIpc) is 2.70. The number of nitrogens with zero attached hydrogens (tertiary/aromatic N) is 2. The molecule has 0 aromatic heterocycles. The third-order valence-corrected chi connectivity index (χ3v) is 4.67. The molecule has 32 heavy (non-hydrogen) atoms. The van der Waals surface area contributed by atoms with Gasteiger partial charge < -0.3 is 15.0 Å². The van der Waals surface area contributed by atoms with Gasteiger partial charge in [0.2, 0.25) is 0 Å². The Morgan fingerprint density at radius 1 is 1.12 bits per heavy atom. The number of carbonyl (C=O) groups excluding carboxylic acids is 1. The first-order valence-corrected chi connectivity index (χ1v) is 9.95. The van der Waals surface area contributed by atoms with Crippen molar-refractivity contribution in [2.75, 3.05) is 14.2 Å². The molecular weight excluding hydrogens is 470 g/mol. The van der Waals surface area contributed by atoms with Crippen LogP contribution in [-0.2, 0) is 21.1 Å². The number of amides is 1. The van der Waals surface area contributed by atoms with E-state index in [0.29, 0.717) is 16.7 Å². The molecule has 0 spiro atoms. The summed E-state index contributed by atoms with van der Waals surface area (Å²) < 4.78 is 39.3. The van der Waals surface area contributed by atoms with Gasteiger partial charge in [-0.05, 0) is 30.7 Å². The van der Waals surface area contributed by atoms with Gasteiger partial charge in [-0.2, -0.15) is 13.2 Å². The fourth-order valence-electron chi connectivity index (χ4n) is 2.81. The number of nitrogens with one attached hydrogen (secondary N) is 1. The molecule has 2 rings (SSSR count). The van der Waals surface area contributed by atoms with E-state index in [9.17, 15) is 18.0 Å². The molecule has 0 aliphatic heterocycles. The van der Waals surface area contributed by atoms with E-state index in [1.54, 1.807) is 25.1 Å².